The minimum absolute atomic E-state index is 0.617. The molecule has 0 bridgehead atoms. The summed E-state index contributed by atoms with van der Waals surface area (Å²) in [4.78, 5) is 4.01. The maximum atomic E-state index is 5.76. The molecular formula is C17H21NO. The van der Waals surface area contributed by atoms with Gasteiger partial charge in [-0.2, -0.15) is 0 Å². The molecule has 19 heavy (non-hydrogen) atoms. The summed E-state index contributed by atoms with van der Waals surface area (Å²) in [5.41, 5.74) is 2.63. The van der Waals surface area contributed by atoms with Crippen molar-refractivity contribution in [2.45, 2.75) is 32.6 Å². The molecule has 0 aliphatic rings. The second kappa shape index (κ2) is 6.93. The molecule has 0 aliphatic heterocycles. The predicted molar refractivity (Wildman–Crippen MR) is 78.6 cm³/mol. The SMILES string of the molecule is CCC(C)c1ccc(OCCc2ccncc2)cc1. The van der Waals surface area contributed by atoms with Crippen molar-refractivity contribution >= 4 is 0 Å². The smallest absolute Gasteiger partial charge is 0.119 e. The molecule has 0 saturated heterocycles. The zero-order chi connectivity index (χ0) is 13.5. The number of hydrogen-bond donors (Lipinski definition) is 0. The third-order valence-electron chi connectivity index (χ3n) is 3.47. The fourth-order valence-electron chi connectivity index (χ4n) is 1.96. The van der Waals surface area contributed by atoms with E-state index in [-0.39, 0.29) is 0 Å². The molecule has 1 aromatic heterocycles. The molecule has 0 fully saturated rings. The fraction of sp³-hybridized carbons (Fsp3) is 0.353. The van der Waals surface area contributed by atoms with E-state index in [2.05, 4.69) is 43.1 Å². The number of pyridine rings is 1. The molecule has 0 amide bonds. The van der Waals surface area contributed by atoms with Crippen LogP contribution in [-0.4, -0.2) is 11.6 Å². The molecule has 1 atom stereocenters. The first-order valence-corrected chi connectivity index (χ1v) is 6.91. The normalized spacial score (nSPS) is 12.1. The van der Waals surface area contributed by atoms with Crippen LogP contribution in [0.25, 0.3) is 0 Å². The van der Waals surface area contributed by atoms with Gasteiger partial charge in [0.25, 0.3) is 0 Å². The fourth-order valence-corrected chi connectivity index (χ4v) is 1.96. The molecule has 1 aromatic carbocycles. The minimum atomic E-state index is 0.617. The van der Waals surface area contributed by atoms with Crippen molar-refractivity contribution in [2.75, 3.05) is 6.61 Å². The van der Waals surface area contributed by atoms with Crippen LogP contribution >= 0.6 is 0 Å². The molecule has 2 heteroatoms. The van der Waals surface area contributed by atoms with Crippen molar-refractivity contribution in [1.82, 2.24) is 4.98 Å². The van der Waals surface area contributed by atoms with Crippen LogP contribution < -0.4 is 4.74 Å². The van der Waals surface area contributed by atoms with Gasteiger partial charge in [0.15, 0.2) is 0 Å². The lowest BCUT2D eigenvalue weighted by Gasteiger charge is -2.10. The molecule has 2 aromatic rings. The van der Waals surface area contributed by atoms with E-state index in [9.17, 15) is 0 Å². The molecule has 0 saturated carbocycles. The van der Waals surface area contributed by atoms with Gasteiger partial charge in [-0.25, -0.2) is 0 Å². The zero-order valence-corrected chi connectivity index (χ0v) is 11.7. The summed E-state index contributed by atoms with van der Waals surface area (Å²) >= 11 is 0. The number of hydrogen-bond acceptors (Lipinski definition) is 2. The van der Waals surface area contributed by atoms with E-state index in [0.717, 1.165) is 12.2 Å². The molecule has 2 nitrogen and oxygen atoms in total. The summed E-state index contributed by atoms with van der Waals surface area (Å²) in [6, 6.07) is 12.5. The Bertz CT molecular complexity index is 478. The van der Waals surface area contributed by atoms with E-state index >= 15 is 0 Å². The highest BCUT2D eigenvalue weighted by Gasteiger charge is 2.02. The van der Waals surface area contributed by atoms with Crippen molar-refractivity contribution < 1.29 is 4.74 Å². The van der Waals surface area contributed by atoms with Crippen molar-refractivity contribution in [3.63, 3.8) is 0 Å². The lowest BCUT2D eigenvalue weighted by Crippen LogP contribution is -2.01. The maximum absolute atomic E-state index is 5.76. The maximum Gasteiger partial charge on any atom is 0.119 e. The first-order chi connectivity index (χ1) is 9.29. The summed E-state index contributed by atoms with van der Waals surface area (Å²) in [5.74, 6) is 1.56. The van der Waals surface area contributed by atoms with E-state index in [1.165, 1.54) is 17.5 Å². The molecule has 1 unspecified atom stereocenters. The third kappa shape index (κ3) is 4.09. The van der Waals surface area contributed by atoms with E-state index < -0.39 is 0 Å². The Hall–Kier alpha value is -1.83. The van der Waals surface area contributed by atoms with Crippen LogP contribution in [-0.2, 0) is 6.42 Å². The van der Waals surface area contributed by atoms with E-state index in [1.807, 2.05) is 24.5 Å². The first-order valence-electron chi connectivity index (χ1n) is 6.91. The van der Waals surface area contributed by atoms with Crippen molar-refractivity contribution in [1.29, 1.82) is 0 Å². The van der Waals surface area contributed by atoms with Crippen molar-refractivity contribution in [3.8, 4) is 5.75 Å². The molecule has 100 valence electrons. The Morgan fingerprint density at radius 2 is 1.74 bits per heavy atom. The van der Waals surface area contributed by atoms with E-state index in [4.69, 9.17) is 4.74 Å². The summed E-state index contributed by atoms with van der Waals surface area (Å²) < 4.78 is 5.76. The van der Waals surface area contributed by atoms with Crippen LogP contribution in [0.5, 0.6) is 5.75 Å². The Labute approximate surface area is 115 Å². The summed E-state index contributed by atoms with van der Waals surface area (Å²) in [6.45, 7) is 5.16. The van der Waals surface area contributed by atoms with E-state index in [1.54, 1.807) is 0 Å². The number of ether oxygens (including phenoxy) is 1. The first kappa shape index (κ1) is 13.6. The van der Waals surface area contributed by atoms with Crippen LogP contribution in [0, 0.1) is 0 Å². The lowest BCUT2D eigenvalue weighted by molar-refractivity contribution is 0.322. The highest BCUT2D eigenvalue weighted by molar-refractivity contribution is 5.29. The van der Waals surface area contributed by atoms with Gasteiger partial charge in [-0.1, -0.05) is 26.0 Å². The van der Waals surface area contributed by atoms with Crippen LogP contribution in [0.15, 0.2) is 48.8 Å². The van der Waals surface area contributed by atoms with E-state index in [0.29, 0.717) is 12.5 Å². The Morgan fingerprint density at radius 3 is 2.37 bits per heavy atom. The summed E-state index contributed by atoms with van der Waals surface area (Å²) in [7, 11) is 0. The lowest BCUT2D eigenvalue weighted by atomic mass is 9.99. The quantitative estimate of drug-likeness (QED) is 0.771. The summed E-state index contributed by atoms with van der Waals surface area (Å²) in [5, 5.41) is 0. The predicted octanol–water partition coefficient (Wildman–Crippen LogP) is 4.22. The summed E-state index contributed by atoms with van der Waals surface area (Å²) in [6.07, 6.45) is 5.71. The molecule has 0 spiro atoms. The monoisotopic (exact) mass is 255 g/mol. The third-order valence-corrected chi connectivity index (χ3v) is 3.47. The van der Waals surface area contributed by atoms with Gasteiger partial charge in [0.2, 0.25) is 0 Å². The molecule has 1 heterocycles. The van der Waals surface area contributed by atoms with Crippen LogP contribution in [0.1, 0.15) is 37.3 Å². The van der Waals surface area contributed by atoms with Crippen molar-refractivity contribution in [2.24, 2.45) is 0 Å². The molecule has 0 radical (unpaired) electrons. The molecular weight excluding hydrogens is 234 g/mol. The number of nitrogens with zero attached hydrogens (tertiary/aromatic N) is 1. The highest BCUT2D eigenvalue weighted by Crippen LogP contribution is 2.21. The minimum Gasteiger partial charge on any atom is -0.493 e. The number of rotatable bonds is 6. The highest BCUT2D eigenvalue weighted by atomic mass is 16.5. The Morgan fingerprint density at radius 1 is 1.05 bits per heavy atom. The topological polar surface area (TPSA) is 22.1 Å². The molecule has 0 N–H and O–H groups in total. The van der Waals surface area contributed by atoms with Crippen LogP contribution in [0.4, 0.5) is 0 Å². The second-order valence-electron chi connectivity index (χ2n) is 4.83. The van der Waals surface area contributed by atoms with Crippen molar-refractivity contribution in [3.05, 3.63) is 59.9 Å². The Balaban J connectivity index is 1.83. The number of aromatic nitrogens is 1. The largest absolute Gasteiger partial charge is 0.493 e. The average molecular weight is 255 g/mol. The molecule has 0 aliphatic carbocycles. The molecule has 2 rings (SSSR count). The van der Waals surface area contributed by atoms with Crippen LogP contribution in [0.2, 0.25) is 0 Å². The van der Waals surface area contributed by atoms with Gasteiger partial charge < -0.3 is 4.74 Å². The second-order valence-corrected chi connectivity index (χ2v) is 4.83. The van der Waals surface area contributed by atoms with Gasteiger partial charge in [0, 0.05) is 18.8 Å². The van der Waals surface area contributed by atoms with Gasteiger partial charge >= 0.3 is 0 Å². The standard InChI is InChI=1S/C17H21NO/c1-3-14(2)16-4-6-17(7-5-16)19-13-10-15-8-11-18-12-9-15/h4-9,11-12,14H,3,10,13H2,1-2H3. The van der Waals surface area contributed by atoms with Gasteiger partial charge in [-0.3, -0.25) is 4.98 Å². The zero-order valence-electron chi connectivity index (χ0n) is 11.7. The van der Waals surface area contributed by atoms with Gasteiger partial charge in [-0.05, 0) is 47.7 Å². The van der Waals surface area contributed by atoms with Gasteiger partial charge in [0.05, 0.1) is 6.61 Å². The number of benzene rings is 1. The average Bonchev–Trinajstić information content (AvgIpc) is 2.48. The Kier molecular flexibility index (Phi) is 4.96. The van der Waals surface area contributed by atoms with Gasteiger partial charge in [-0.15, -0.1) is 0 Å². The van der Waals surface area contributed by atoms with Crippen LogP contribution in [0.3, 0.4) is 0 Å². The van der Waals surface area contributed by atoms with Gasteiger partial charge in [0.1, 0.15) is 5.75 Å².